The van der Waals surface area contributed by atoms with Crippen LogP contribution in [0.2, 0.25) is 0 Å². The van der Waals surface area contributed by atoms with Crippen LogP contribution < -0.4 is 10.6 Å². The third kappa shape index (κ3) is 8.41. The number of guanidine groups is 1. The first-order valence-electron chi connectivity index (χ1n) is 8.47. The van der Waals surface area contributed by atoms with Gasteiger partial charge < -0.3 is 15.5 Å². The number of rotatable bonds is 9. The highest BCUT2D eigenvalue weighted by Crippen LogP contribution is 2.07. The molecule has 20 heavy (non-hydrogen) atoms. The highest BCUT2D eigenvalue weighted by atomic mass is 15.2. The van der Waals surface area contributed by atoms with E-state index < -0.39 is 0 Å². The number of nitrogens with zero attached hydrogens (tertiary/aromatic N) is 2. The topological polar surface area (TPSA) is 39.7 Å². The molecule has 4 heteroatoms. The first-order chi connectivity index (χ1) is 9.72. The van der Waals surface area contributed by atoms with Crippen LogP contribution in [-0.4, -0.2) is 50.1 Å². The Hall–Kier alpha value is -0.770. The molecule has 0 bridgehead atoms. The summed E-state index contributed by atoms with van der Waals surface area (Å²) in [7, 11) is 0. The Morgan fingerprint density at radius 1 is 1.15 bits per heavy atom. The summed E-state index contributed by atoms with van der Waals surface area (Å²) < 4.78 is 0. The van der Waals surface area contributed by atoms with Gasteiger partial charge in [-0.3, -0.25) is 4.99 Å². The molecule has 0 aromatic rings. The van der Waals surface area contributed by atoms with Gasteiger partial charge >= 0.3 is 0 Å². The summed E-state index contributed by atoms with van der Waals surface area (Å²) in [5.41, 5.74) is 0. The van der Waals surface area contributed by atoms with Crippen molar-refractivity contribution in [2.24, 2.45) is 10.9 Å². The van der Waals surface area contributed by atoms with Gasteiger partial charge in [0.15, 0.2) is 5.96 Å². The van der Waals surface area contributed by atoms with Crippen LogP contribution in [-0.2, 0) is 0 Å². The van der Waals surface area contributed by atoms with Crippen LogP contribution in [0.15, 0.2) is 4.99 Å². The molecule has 1 rings (SSSR count). The van der Waals surface area contributed by atoms with Crippen molar-refractivity contribution in [2.45, 2.75) is 52.9 Å². The van der Waals surface area contributed by atoms with Crippen molar-refractivity contribution in [3.05, 3.63) is 0 Å². The highest BCUT2D eigenvalue weighted by molar-refractivity contribution is 5.79. The van der Waals surface area contributed by atoms with E-state index in [1.807, 2.05) is 0 Å². The average Bonchev–Trinajstić information content (AvgIpc) is 2.92. The lowest BCUT2D eigenvalue weighted by atomic mass is 10.1. The Balaban J connectivity index is 2.12. The number of aliphatic imine (C=N–C) groups is 1. The Kier molecular flexibility index (Phi) is 9.46. The van der Waals surface area contributed by atoms with Crippen LogP contribution in [0.25, 0.3) is 0 Å². The zero-order chi connectivity index (χ0) is 14.6. The molecule has 0 unspecified atom stereocenters. The van der Waals surface area contributed by atoms with Gasteiger partial charge in [0, 0.05) is 19.6 Å². The van der Waals surface area contributed by atoms with Crippen LogP contribution in [0.5, 0.6) is 0 Å². The first kappa shape index (κ1) is 17.3. The molecule has 0 spiro atoms. The quantitative estimate of drug-likeness (QED) is 0.388. The molecule has 0 aliphatic carbocycles. The Labute approximate surface area is 125 Å². The molecule has 0 aromatic carbocycles. The van der Waals surface area contributed by atoms with Crippen LogP contribution in [0.1, 0.15) is 52.9 Å². The van der Waals surface area contributed by atoms with Gasteiger partial charge in [-0.25, -0.2) is 0 Å². The zero-order valence-electron chi connectivity index (χ0n) is 13.7. The number of hydrogen-bond acceptors (Lipinski definition) is 2. The van der Waals surface area contributed by atoms with Gasteiger partial charge in [-0.15, -0.1) is 0 Å². The molecular weight excluding hydrogens is 248 g/mol. The van der Waals surface area contributed by atoms with Crippen molar-refractivity contribution in [1.82, 2.24) is 15.5 Å². The van der Waals surface area contributed by atoms with Crippen LogP contribution in [0.3, 0.4) is 0 Å². The van der Waals surface area contributed by atoms with E-state index in [0.29, 0.717) is 0 Å². The van der Waals surface area contributed by atoms with Crippen molar-refractivity contribution < 1.29 is 0 Å². The molecule has 1 heterocycles. The van der Waals surface area contributed by atoms with Crippen molar-refractivity contribution in [3.8, 4) is 0 Å². The predicted molar refractivity (Wildman–Crippen MR) is 88.3 cm³/mol. The summed E-state index contributed by atoms with van der Waals surface area (Å²) in [6, 6.07) is 0. The second-order valence-corrected chi connectivity index (χ2v) is 6.13. The lowest BCUT2D eigenvalue weighted by Gasteiger charge is -2.14. The average molecular weight is 282 g/mol. The van der Waals surface area contributed by atoms with Crippen molar-refractivity contribution in [2.75, 3.05) is 39.3 Å². The minimum atomic E-state index is 0.789. The Morgan fingerprint density at radius 3 is 2.55 bits per heavy atom. The van der Waals surface area contributed by atoms with E-state index in [9.17, 15) is 0 Å². The highest BCUT2D eigenvalue weighted by Gasteiger charge is 2.09. The maximum Gasteiger partial charge on any atom is 0.191 e. The minimum Gasteiger partial charge on any atom is -0.357 e. The normalized spacial score (nSPS) is 16.9. The van der Waals surface area contributed by atoms with Gasteiger partial charge in [-0.2, -0.15) is 0 Å². The van der Waals surface area contributed by atoms with Gasteiger partial charge in [-0.1, -0.05) is 13.8 Å². The first-order valence-corrected chi connectivity index (χ1v) is 8.47. The number of likely N-dealkylation sites (tertiary alicyclic amines) is 1. The van der Waals surface area contributed by atoms with E-state index >= 15 is 0 Å². The minimum absolute atomic E-state index is 0.789. The molecule has 0 aromatic heterocycles. The smallest absolute Gasteiger partial charge is 0.191 e. The Bertz CT molecular complexity index is 257. The molecule has 1 aliphatic rings. The fourth-order valence-electron chi connectivity index (χ4n) is 2.55. The zero-order valence-corrected chi connectivity index (χ0v) is 13.7. The number of nitrogens with one attached hydrogen (secondary N) is 2. The van der Waals surface area contributed by atoms with Crippen molar-refractivity contribution >= 4 is 5.96 Å². The van der Waals surface area contributed by atoms with Crippen LogP contribution in [0, 0.1) is 5.92 Å². The summed E-state index contributed by atoms with van der Waals surface area (Å²) in [6.07, 6.45) is 6.42. The molecule has 2 N–H and O–H groups in total. The second-order valence-electron chi connectivity index (χ2n) is 6.13. The second kappa shape index (κ2) is 11.0. The predicted octanol–water partition coefficient (Wildman–Crippen LogP) is 2.46. The fraction of sp³-hybridized carbons (Fsp3) is 0.938. The van der Waals surface area contributed by atoms with Crippen LogP contribution >= 0.6 is 0 Å². The van der Waals surface area contributed by atoms with Gasteiger partial charge in [0.2, 0.25) is 0 Å². The monoisotopic (exact) mass is 282 g/mol. The molecule has 118 valence electrons. The number of hydrogen-bond donors (Lipinski definition) is 2. The summed E-state index contributed by atoms with van der Waals surface area (Å²) in [5, 5.41) is 6.75. The third-order valence-electron chi connectivity index (χ3n) is 3.70. The maximum atomic E-state index is 4.66. The van der Waals surface area contributed by atoms with Gasteiger partial charge in [0.25, 0.3) is 0 Å². The molecule has 1 fully saturated rings. The van der Waals surface area contributed by atoms with Crippen molar-refractivity contribution in [1.29, 1.82) is 0 Å². The fourth-order valence-corrected chi connectivity index (χ4v) is 2.55. The van der Waals surface area contributed by atoms with E-state index in [-0.39, 0.29) is 0 Å². The summed E-state index contributed by atoms with van der Waals surface area (Å²) >= 11 is 0. The molecule has 0 amide bonds. The molecule has 1 saturated heterocycles. The van der Waals surface area contributed by atoms with Gasteiger partial charge in [-0.05, 0) is 64.6 Å². The molecule has 1 aliphatic heterocycles. The van der Waals surface area contributed by atoms with Crippen LogP contribution in [0.4, 0.5) is 0 Å². The largest absolute Gasteiger partial charge is 0.357 e. The lowest BCUT2D eigenvalue weighted by molar-refractivity contribution is 0.336. The summed E-state index contributed by atoms with van der Waals surface area (Å²) in [6.45, 7) is 13.3. The molecule has 0 radical (unpaired) electrons. The summed E-state index contributed by atoms with van der Waals surface area (Å²) in [4.78, 5) is 7.21. The van der Waals surface area contributed by atoms with E-state index in [0.717, 1.165) is 31.5 Å². The Morgan fingerprint density at radius 2 is 1.90 bits per heavy atom. The van der Waals surface area contributed by atoms with Gasteiger partial charge in [0.1, 0.15) is 0 Å². The SMILES string of the molecule is CCNC(=NCCCN1CCCC1)NCCCC(C)C. The molecule has 0 atom stereocenters. The van der Waals surface area contributed by atoms with Crippen molar-refractivity contribution in [3.63, 3.8) is 0 Å². The lowest BCUT2D eigenvalue weighted by Crippen LogP contribution is -2.38. The molecule has 4 nitrogen and oxygen atoms in total. The van der Waals surface area contributed by atoms with E-state index in [1.165, 1.54) is 51.7 Å². The van der Waals surface area contributed by atoms with Gasteiger partial charge in [0.05, 0.1) is 0 Å². The molecule has 0 saturated carbocycles. The maximum absolute atomic E-state index is 4.66. The van der Waals surface area contributed by atoms with E-state index in [4.69, 9.17) is 0 Å². The van der Waals surface area contributed by atoms with E-state index in [2.05, 4.69) is 41.3 Å². The third-order valence-corrected chi connectivity index (χ3v) is 3.70. The molecular formula is C16H34N4. The van der Waals surface area contributed by atoms with E-state index in [1.54, 1.807) is 0 Å². The standard InChI is InChI=1S/C16H34N4/c1-4-17-16(18-10-7-9-15(2)3)19-11-8-14-20-12-5-6-13-20/h15H,4-14H2,1-3H3,(H2,17,18,19). The summed E-state index contributed by atoms with van der Waals surface area (Å²) in [5.74, 6) is 1.77.